The molecule has 0 saturated heterocycles. The lowest BCUT2D eigenvalue weighted by atomic mass is 10.1. The predicted octanol–water partition coefficient (Wildman–Crippen LogP) is 5.69. The molecule has 1 aromatic heterocycles. The molecule has 0 aliphatic carbocycles. The van der Waals surface area contributed by atoms with Gasteiger partial charge in [0.1, 0.15) is 28.4 Å². The highest BCUT2D eigenvalue weighted by atomic mass is 16.5. The molecule has 0 fully saturated rings. The second-order valence-corrected chi connectivity index (χ2v) is 8.71. The molecular weight excluding hydrogens is 484 g/mol. The molecule has 8 heteroatoms. The molecule has 0 atom stereocenters. The first kappa shape index (κ1) is 26.6. The molecule has 0 aliphatic rings. The average molecular weight is 517 g/mol. The number of fused-ring (bicyclic) bond motifs is 1. The SMILES string of the molecule is COC(=O)c1ccc(Cn2c(/C=C/c3ccc(OC)c(OC)c3)nc3c(OC)c(C)c(C)c(OC)c32)cc1. The topological polar surface area (TPSA) is 81.0 Å². The molecule has 0 bridgehead atoms. The van der Waals surface area contributed by atoms with Crippen LogP contribution < -0.4 is 18.9 Å². The summed E-state index contributed by atoms with van der Waals surface area (Å²) in [4.78, 5) is 16.9. The van der Waals surface area contributed by atoms with E-state index in [1.807, 2.05) is 56.3 Å². The van der Waals surface area contributed by atoms with Crippen molar-refractivity contribution in [2.45, 2.75) is 20.4 Å². The molecule has 0 radical (unpaired) electrons. The van der Waals surface area contributed by atoms with Gasteiger partial charge < -0.3 is 28.3 Å². The first-order valence-corrected chi connectivity index (χ1v) is 12.1. The van der Waals surface area contributed by atoms with Crippen molar-refractivity contribution in [3.63, 3.8) is 0 Å². The van der Waals surface area contributed by atoms with Crippen LogP contribution in [0.4, 0.5) is 0 Å². The van der Waals surface area contributed by atoms with Gasteiger partial charge in [-0.25, -0.2) is 9.78 Å². The minimum Gasteiger partial charge on any atom is -0.494 e. The number of aromatic nitrogens is 2. The number of methoxy groups -OCH3 is 5. The van der Waals surface area contributed by atoms with Crippen molar-refractivity contribution < 1.29 is 28.5 Å². The second-order valence-electron chi connectivity index (χ2n) is 8.71. The number of carbonyl (C=O) groups excluding carboxylic acids is 1. The molecule has 1 heterocycles. The smallest absolute Gasteiger partial charge is 0.337 e. The van der Waals surface area contributed by atoms with Gasteiger partial charge in [-0.1, -0.05) is 24.3 Å². The number of imidazole rings is 1. The molecule has 4 aromatic rings. The number of hydrogen-bond acceptors (Lipinski definition) is 7. The van der Waals surface area contributed by atoms with Gasteiger partial charge in [-0.05, 0) is 60.9 Å². The molecule has 3 aromatic carbocycles. The molecule has 8 nitrogen and oxygen atoms in total. The number of carbonyl (C=O) groups is 1. The summed E-state index contributed by atoms with van der Waals surface area (Å²) >= 11 is 0. The lowest BCUT2D eigenvalue weighted by molar-refractivity contribution is 0.0600. The first-order valence-electron chi connectivity index (χ1n) is 12.1. The normalized spacial score (nSPS) is 11.1. The van der Waals surface area contributed by atoms with Crippen molar-refractivity contribution in [2.24, 2.45) is 0 Å². The Hall–Kier alpha value is -4.46. The number of hydrogen-bond donors (Lipinski definition) is 0. The van der Waals surface area contributed by atoms with Gasteiger partial charge in [0.05, 0.1) is 41.1 Å². The molecule has 0 N–H and O–H groups in total. The standard InChI is InChI=1S/C30H32N2O6/c1-18-19(2)29(37-6)27-26(28(18)36-5)31-25(15-11-20-10-14-23(34-3)24(16-20)35-4)32(27)17-21-8-12-22(13-9-21)30(33)38-7/h8-16H,17H2,1-7H3/b15-11+. The van der Waals surface area contributed by atoms with Crippen molar-refractivity contribution >= 4 is 29.2 Å². The molecule has 38 heavy (non-hydrogen) atoms. The zero-order valence-electron chi connectivity index (χ0n) is 22.7. The van der Waals surface area contributed by atoms with Crippen molar-refractivity contribution in [2.75, 3.05) is 35.5 Å². The van der Waals surface area contributed by atoms with E-state index in [9.17, 15) is 4.79 Å². The predicted molar refractivity (Wildman–Crippen MR) is 148 cm³/mol. The van der Waals surface area contributed by atoms with E-state index in [0.717, 1.165) is 33.5 Å². The van der Waals surface area contributed by atoms with Crippen molar-refractivity contribution in [3.8, 4) is 23.0 Å². The number of rotatable bonds is 9. The lowest BCUT2D eigenvalue weighted by Gasteiger charge is -2.16. The van der Waals surface area contributed by atoms with Gasteiger partial charge in [-0.15, -0.1) is 0 Å². The van der Waals surface area contributed by atoms with Crippen molar-refractivity contribution in [1.82, 2.24) is 9.55 Å². The van der Waals surface area contributed by atoms with E-state index < -0.39 is 0 Å². The Morgan fingerprint density at radius 2 is 1.47 bits per heavy atom. The fraction of sp³-hybridized carbons (Fsp3) is 0.267. The van der Waals surface area contributed by atoms with Crippen LogP contribution >= 0.6 is 0 Å². The fourth-order valence-corrected chi connectivity index (χ4v) is 4.52. The van der Waals surface area contributed by atoms with Crippen LogP contribution in [0.25, 0.3) is 23.2 Å². The third-order valence-electron chi connectivity index (χ3n) is 6.63. The molecule has 4 rings (SSSR count). The molecular formula is C30H32N2O6. The van der Waals surface area contributed by atoms with Crippen molar-refractivity contribution in [1.29, 1.82) is 0 Å². The molecule has 0 amide bonds. The lowest BCUT2D eigenvalue weighted by Crippen LogP contribution is -2.06. The summed E-state index contributed by atoms with van der Waals surface area (Å²) in [6, 6.07) is 13.0. The van der Waals surface area contributed by atoms with Crippen LogP contribution in [0.15, 0.2) is 42.5 Å². The number of benzene rings is 3. The number of nitrogens with zero attached hydrogens (tertiary/aromatic N) is 2. The van der Waals surface area contributed by atoms with Crippen LogP contribution in [0.2, 0.25) is 0 Å². The summed E-state index contributed by atoms with van der Waals surface area (Å²) in [5.74, 6) is 3.09. The van der Waals surface area contributed by atoms with Crippen molar-refractivity contribution in [3.05, 3.63) is 76.1 Å². The largest absolute Gasteiger partial charge is 0.494 e. The Labute approximate surface area is 222 Å². The second kappa shape index (κ2) is 11.3. The molecule has 0 spiro atoms. The maximum atomic E-state index is 11.9. The van der Waals surface area contributed by atoms with Gasteiger partial charge in [0.2, 0.25) is 0 Å². The highest BCUT2D eigenvalue weighted by Crippen LogP contribution is 2.41. The summed E-state index contributed by atoms with van der Waals surface area (Å²) in [6.07, 6.45) is 3.92. The quantitative estimate of drug-likeness (QED) is 0.264. The third kappa shape index (κ3) is 4.89. The Balaban J connectivity index is 1.88. The Kier molecular flexibility index (Phi) is 7.90. The van der Waals surface area contributed by atoms with Gasteiger partial charge in [-0.2, -0.15) is 0 Å². The molecule has 0 unspecified atom stereocenters. The van der Waals surface area contributed by atoms with Crippen LogP contribution in [0, 0.1) is 13.8 Å². The zero-order chi connectivity index (χ0) is 27.4. The van der Waals surface area contributed by atoms with Crippen LogP contribution in [-0.2, 0) is 11.3 Å². The van der Waals surface area contributed by atoms with Gasteiger partial charge >= 0.3 is 5.97 Å². The molecule has 0 aliphatic heterocycles. The van der Waals surface area contributed by atoms with Crippen LogP contribution in [0.3, 0.4) is 0 Å². The number of esters is 1. The molecule has 198 valence electrons. The van der Waals surface area contributed by atoms with E-state index in [-0.39, 0.29) is 5.97 Å². The highest BCUT2D eigenvalue weighted by molar-refractivity contribution is 5.93. The Morgan fingerprint density at radius 1 is 0.816 bits per heavy atom. The van der Waals surface area contributed by atoms with E-state index >= 15 is 0 Å². The van der Waals surface area contributed by atoms with Gasteiger partial charge in [-0.3, -0.25) is 0 Å². The summed E-state index contributed by atoms with van der Waals surface area (Å²) in [5, 5.41) is 0. The first-order chi connectivity index (χ1) is 18.4. The summed E-state index contributed by atoms with van der Waals surface area (Å²) < 4.78 is 29.4. The maximum Gasteiger partial charge on any atom is 0.337 e. The van der Waals surface area contributed by atoms with Gasteiger partial charge in [0.15, 0.2) is 11.5 Å². The average Bonchev–Trinajstić information content (AvgIpc) is 3.29. The summed E-state index contributed by atoms with van der Waals surface area (Å²) in [6.45, 7) is 4.50. The fourth-order valence-electron chi connectivity index (χ4n) is 4.52. The molecule has 0 saturated carbocycles. The van der Waals surface area contributed by atoms with Gasteiger partial charge in [0, 0.05) is 12.1 Å². The van der Waals surface area contributed by atoms with Crippen LogP contribution in [0.1, 0.15) is 38.4 Å². The minimum atomic E-state index is -0.374. The highest BCUT2D eigenvalue weighted by Gasteiger charge is 2.23. The van der Waals surface area contributed by atoms with Gasteiger partial charge in [0.25, 0.3) is 0 Å². The van der Waals surface area contributed by atoms with E-state index in [1.165, 1.54) is 7.11 Å². The summed E-state index contributed by atoms with van der Waals surface area (Å²) in [7, 11) is 7.90. The summed E-state index contributed by atoms with van der Waals surface area (Å²) in [5.41, 5.74) is 5.90. The van der Waals surface area contributed by atoms with E-state index in [4.69, 9.17) is 28.7 Å². The third-order valence-corrected chi connectivity index (χ3v) is 6.63. The van der Waals surface area contributed by atoms with Crippen LogP contribution in [0.5, 0.6) is 23.0 Å². The zero-order valence-corrected chi connectivity index (χ0v) is 22.7. The number of ether oxygens (including phenoxy) is 5. The maximum absolute atomic E-state index is 11.9. The Morgan fingerprint density at radius 3 is 2.08 bits per heavy atom. The van der Waals surface area contributed by atoms with Crippen LogP contribution in [-0.4, -0.2) is 51.1 Å². The minimum absolute atomic E-state index is 0.374. The van der Waals surface area contributed by atoms with E-state index in [1.54, 1.807) is 40.6 Å². The Bertz CT molecular complexity index is 1500. The van der Waals surface area contributed by atoms with E-state index in [0.29, 0.717) is 40.7 Å². The van der Waals surface area contributed by atoms with E-state index in [2.05, 4.69) is 4.57 Å². The monoisotopic (exact) mass is 516 g/mol.